The number of methoxy groups -OCH3 is 1. The second kappa shape index (κ2) is 12.5. The number of carbonyl (C=O) groups excluding carboxylic acids is 2. The van der Waals surface area contributed by atoms with Crippen molar-refractivity contribution >= 4 is 63.5 Å². The predicted molar refractivity (Wildman–Crippen MR) is 158 cm³/mol. The van der Waals surface area contributed by atoms with Gasteiger partial charge in [-0.2, -0.15) is 0 Å². The summed E-state index contributed by atoms with van der Waals surface area (Å²) >= 11 is 13.2. The Bertz CT molecular complexity index is 1410. The molecular formula is C29H27ClN2O4S2. The highest BCUT2D eigenvalue weighted by molar-refractivity contribution is 8.26. The van der Waals surface area contributed by atoms with E-state index in [1.807, 2.05) is 62.4 Å². The Hall–Kier alpha value is -3.33. The summed E-state index contributed by atoms with van der Waals surface area (Å²) < 4.78 is 11.7. The number of anilines is 1. The minimum atomic E-state index is -0.321. The normalized spacial score (nSPS) is 14.2. The molecule has 1 heterocycles. The van der Waals surface area contributed by atoms with Crippen LogP contribution in [-0.4, -0.2) is 41.3 Å². The van der Waals surface area contributed by atoms with Crippen LogP contribution in [0, 0.1) is 13.8 Å². The molecule has 196 valence electrons. The third-order valence-corrected chi connectivity index (χ3v) is 7.55. The number of amides is 2. The maximum absolute atomic E-state index is 13.0. The van der Waals surface area contributed by atoms with Gasteiger partial charge in [0.05, 0.1) is 17.0 Å². The van der Waals surface area contributed by atoms with Crippen molar-refractivity contribution in [3.63, 3.8) is 0 Å². The molecule has 1 N–H and O–H groups in total. The molecule has 6 nitrogen and oxygen atoms in total. The Kier molecular flexibility index (Phi) is 9.09. The van der Waals surface area contributed by atoms with E-state index < -0.39 is 0 Å². The molecule has 9 heteroatoms. The van der Waals surface area contributed by atoms with Crippen LogP contribution in [-0.2, 0) is 16.0 Å². The molecule has 1 saturated heterocycles. The van der Waals surface area contributed by atoms with Gasteiger partial charge in [0.2, 0.25) is 0 Å². The Morgan fingerprint density at radius 1 is 1.13 bits per heavy atom. The quantitative estimate of drug-likeness (QED) is 0.238. The highest BCUT2D eigenvalue weighted by Crippen LogP contribution is 2.39. The molecular weight excluding hydrogens is 540 g/mol. The van der Waals surface area contributed by atoms with Crippen molar-refractivity contribution in [2.75, 3.05) is 25.6 Å². The fraction of sp³-hybridized carbons (Fsp3) is 0.207. The lowest BCUT2D eigenvalue weighted by Crippen LogP contribution is -2.30. The summed E-state index contributed by atoms with van der Waals surface area (Å²) in [6.45, 7) is 4.18. The summed E-state index contributed by atoms with van der Waals surface area (Å²) in [5, 5.41) is 3.10. The fourth-order valence-corrected chi connectivity index (χ4v) is 5.55. The molecule has 38 heavy (non-hydrogen) atoms. The number of thiocarbonyl (C=S) groups is 1. The average molecular weight is 567 g/mol. The minimum Gasteiger partial charge on any atom is -0.493 e. The highest BCUT2D eigenvalue weighted by Gasteiger charge is 2.31. The van der Waals surface area contributed by atoms with Crippen molar-refractivity contribution in [2.24, 2.45) is 0 Å². The minimum absolute atomic E-state index is 0.144. The molecule has 1 aliphatic rings. The Labute approximate surface area is 237 Å². The SMILES string of the molecule is COc1cc(/C=C2\SC(=S)N(CCc3ccccc3)C2=O)cc(Cl)c1OCC(=O)Nc1ccc(C)cc1C. The number of benzene rings is 3. The molecule has 0 saturated carbocycles. The van der Waals surface area contributed by atoms with Crippen LogP contribution in [0.1, 0.15) is 22.3 Å². The van der Waals surface area contributed by atoms with Gasteiger partial charge in [-0.25, -0.2) is 0 Å². The van der Waals surface area contributed by atoms with E-state index in [0.29, 0.717) is 33.5 Å². The number of rotatable bonds is 9. The highest BCUT2D eigenvalue weighted by atomic mass is 35.5. The molecule has 3 aromatic rings. The van der Waals surface area contributed by atoms with Crippen molar-refractivity contribution in [1.82, 2.24) is 4.90 Å². The van der Waals surface area contributed by atoms with Crippen molar-refractivity contribution in [3.8, 4) is 11.5 Å². The third-order valence-electron chi connectivity index (χ3n) is 5.89. The van der Waals surface area contributed by atoms with E-state index in [2.05, 4.69) is 5.32 Å². The maximum atomic E-state index is 13.0. The van der Waals surface area contributed by atoms with Crippen LogP contribution in [0.5, 0.6) is 11.5 Å². The average Bonchev–Trinajstić information content (AvgIpc) is 3.15. The van der Waals surface area contributed by atoms with Gasteiger partial charge in [0.25, 0.3) is 11.8 Å². The van der Waals surface area contributed by atoms with Crippen LogP contribution >= 0.6 is 35.6 Å². The number of nitrogens with one attached hydrogen (secondary N) is 1. The summed E-state index contributed by atoms with van der Waals surface area (Å²) in [5.41, 5.74) is 4.59. The molecule has 1 fully saturated rings. The van der Waals surface area contributed by atoms with Crippen LogP contribution in [0.2, 0.25) is 5.02 Å². The van der Waals surface area contributed by atoms with Crippen LogP contribution in [0.3, 0.4) is 0 Å². The zero-order chi connectivity index (χ0) is 27.2. The van der Waals surface area contributed by atoms with Gasteiger partial charge < -0.3 is 14.8 Å². The lowest BCUT2D eigenvalue weighted by atomic mass is 10.1. The molecule has 0 aromatic heterocycles. The fourth-order valence-electron chi connectivity index (χ4n) is 3.97. The van der Waals surface area contributed by atoms with Gasteiger partial charge >= 0.3 is 0 Å². The van der Waals surface area contributed by atoms with Crippen LogP contribution in [0.4, 0.5) is 5.69 Å². The molecule has 0 atom stereocenters. The molecule has 2 amide bonds. The van der Waals surface area contributed by atoms with E-state index in [1.54, 1.807) is 23.1 Å². The Balaban J connectivity index is 1.43. The predicted octanol–water partition coefficient (Wildman–Crippen LogP) is 6.43. The van der Waals surface area contributed by atoms with Crippen LogP contribution in [0.25, 0.3) is 6.08 Å². The summed E-state index contributed by atoms with van der Waals surface area (Å²) in [6, 6.07) is 19.1. The number of ether oxygens (including phenoxy) is 2. The molecule has 0 aliphatic carbocycles. The molecule has 1 aliphatic heterocycles. The summed E-state index contributed by atoms with van der Waals surface area (Å²) in [6.07, 6.45) is 2.44. The summed E-state index contributed by atoms with van der Waals surface area (Å²) in [5.74, 6) is 0.132. The first kappa shape index (κ1) is 27.7. The zero-order valence-electron chi connectivity index (χ0n) is 21.2. The largest absolute Gasteiger partial charge is 0.493 e. The van der Waals surface area contributed by atoms with Crippen LogP contribution in [0.15, 0.2) is 65.6 Å². The second-order valence-electron chi connectivity index (χ2n) is 8.76. The van der Waals surface area contributed by atoms with Gasteiger partial charge in [0.15, 0.2) is 18.1 Å². The van der Waals surface area contributed by atoms with Gasteiger partial charge in [-0.05, 0) is 61.2 Å². The molecule has 0 bridgehead atoms. The third kappa shape index (κ3) is 6.75. The molecule has 4 rings (SSSR count). The van der Waals surface area contributed by atoms with E-state index in [9.17, 15) is 9.59 Å². The number of hydrogen-bond acceptors (Lipinski definition) is 6. The van der Waals surface area contributed by atoms with Crippen molar-refractivity contribution in [3.05, 3.63) is 92.8 Å². The molecule has 3 aromatic carbocycles. The molecule has 0 unspecified atom stereocenters. The first-order chi connectivity index (χ1) is 18.2. The van der Waals surface area contributed by atoms with Gasteiger partial charge in [0, 0.05) is 12.2 Å². The van der Waals surface area contributed by atoms with E-state index >= 15 is 0 Å². The molecule has 0 radical (unpaired) electrons. The number of nitrogens with zero attached hydrogens (tertiary/aromatic N) is 1. The summed E-state index contributed by atoms with van der Waals surface area (Å²) in [7, 11) is 1.49. The van der Waals surface area contributed by atoms with E-state index in [4.69, 9.17) is 33.3 Å². The number of halogens is 1. The zero-order valence-corrected chi connectivity index (χ0v) is 23.6. The first-order valence-corrected chi connectivity index (χ1v) is 13.5. The van der Waals surface area contributed by atoms with Gasteiger partial charge in [-0.1, -0.05) is 83.6 Å². The smallest absolute Gasteiger partial charge is 0.266 e. The Morgan fingerprint density at radius 3 is 2.61 bits per heavy atom. The number of hydrogen-bond donors (Lipinski definition) is 1. The van der Waals surface area contributed by atoms with Gasteiger partial charge in [-0.15, -0.1) is 0 Å². The monoisotopic (exact) mass is 566 g/mol. The molecule has 0 spiro atoms. The van der Waals surface area contributed by atoms with E-state index in [0.717, 1.165) is 22.4 Å². The summed E-state index contributed by atoms with van der Waals surface area (Å²) in [4.78, 5) is 27.6. The standard InChI is InChI=1S/C29H27ClN2O4S2/c1-18-9-10-23(19(2)13-18)31-26(33)17-36-27-22(30)14-21(15-24(27)35-3)16-25-28(34)32(29(37)38-25)12-11-20-7-5-4-6-8-20/h4-10,13-16H,11-12,17H2,1-3H3,(H,31,33)/b25-16-. The maximum Gasteiger partial charge on any atom is 0.266 e. The van der Waals surface area contributed by atoms with Gasteiger partial charge in [0.1, 0.15) is 4.32 Å². The first-order valence-electron chi connectivity index (χ1n) is 11.9. The topological polar surface area (TPSA) is 67.9 Å². The van der Waals surface area contributed by atoms with Crippen LogP contribution < -0.4 is 14.8 Å². The van der Waals surface area contributed by atoms with E-state index in [1.165, 1.54) is 18.9 Å². The number of thioether (sulfide) groups is 1. The lowest BCUT2D eigenvalue weighted by Gasteiger charge is -2.15. The van der Waals surface area contributed by atoms with E-state index in [-0.39, 0.29) is 29.2 Å². The lowest BCUT2D eigenvalue weighted by molar-refractivity contribution is -0.122. The number of aryl methyl sites for hydroxylation is 2. The van der Waals surface area contributed by atoms with Crippen molar-refractivity contribution in [2.45, 2.75) is 20.3 Å². The van der Waals surface area contributed by atoms with Gasteiger partial charge in [-0.3, -0.25) is 14.5 Å². The number of carbonyl (C=O) groups is 2. The van der Waals surface area contributed by atoms with Crippen molar-refractivity contribution in [1.29, 1.82) is 0 Å². The Morgan fingerprint density at radius 2 is 1.89 bits per heavy atom. The second-order valence-corrected chi connectivity index (χ2v) is 10.8. The van der Waals surface area contributed by atoms with Crippen molar-refractivity contribution < 1.29 is 19.1 Å².